The molecule has 4 rings (SSSR count). The summed E-state index contributed by atoms with van der Waals surface area (Å²) < 4.78 is 6.61. The van der Waals surface area contributed by atoms with Crippen LogP contribution in [0.2, 0.25) is 4.31 Å². The second-order valence-electron chi connectivity index (χ2n) is 8.91. The van der Waals surface area contributed by atoms with Crippen molar-refractivity contribution in [2.45, 2.75) is 69.5 Å². The van der Waals surface area contributed by atoms with E-state index in [2.05, 4.69) is 26.0 Å². The molecule has 0 aliphatic heterocycles. The van der Waals surface area contributed by atoms with Crippen LogP contribution in [-0.2, 0) is 4.79 Å². The molecule has 25 heavy (non-hydrogen) atoms. The van der Waals surface area contributed by atoms with Gasteiger partial charge in [-0.15, -0.1) is 0 Å². The number of hydrogen-bond acceptors (Lipinski definition) is 2. The van der Waals surface area contributed by atoms with E-state index in [0.29, 0.717) is 21.9 Å². The maximum absolute atomic E-state index is 12.4. The maximum atomic E-state index is 12.4. The number of hydrogen-bond donors (Lipinski definition) is 0. The van der Waals surface area contributed by atoms with Gasteiger partial charge in [0.1, 0.15) is 0 Å². The van der Waals surface area contributed by atoms with Gasteiger partial charge in [-0.3, -0.25) is 0 Å². The van der Waals surface area contributed by atoms with E-state index in [4.69, 9.17) is 3.82 Å². The van der Waals surface area contributed by atoms with Crippen LogP contribution in [0.25, 0.3) is 0 Å². The van der Waals surface area contributed by atoms with Gasteiger partial charge in [0, 0.05) is 0 Å². The minimum absolute atomic E-state index is 0.226. The van der Waals surface area contributed by atoms with E-state index >= 15 is 0 Å². The summed E-state index contributed by atoms with van der Waals surface area (Å²) in [4.78, 5) is 12.4. The van der Waals surface area contributed by atoms with E-state index in [1.54, 1.807) is 0 Å². The van der Waals surface area contributed by atoms with E-state index in [-0.39, 0.29) is 20.7 Å². The van der Waals surface area contributed by atoms with Crippen LogP contribution in [0.5, 0.6) is 5.75 Å². The third-order valence-corrected chi connectivity index (χ3v) is 9.71. The van der Waals surface area contributed by atoms with Gasteiger partial charge < -0.3 is 0 Å². The van der Waals surface area contributed by atoms with Crippen molar-refractivity contribution in [3.05, 3.63) is 30.3 Å². The molecule has 1 aromatic rings. The number of carbonyl (C=O) groups is 1. The predicted molar refractivity (Wildman–Crippen MR) is 102 cm³/mol. The molecule has 1 aromatic carbocycles. The number of benzene rings is 1. The Morgan fingerprint density at radius 1 is 1.20 bits per heavy atom. The number of fused-ring (bicyclic) bond motifs is 1. The normalized spacial score (nSPS) is 34.4. The molecular weight excluding hydrogens is 375 g/mol. The number of para-hydroxylation sites is 1. The van der Waals surface area contributed by atoms with Crippen molar-refractivity contribution in [1.29, 1.82) is 0 Å². The molecule has 0 radical (unpaired) electrons. The molecule has 0 N–H and O–H groups in total. The fourth-order valence-corrected chi connectivity index (χ4v) is 7.77. The molecule has 0 saturated heterocycles. The van der Waals surface area contributed by atoms with Crippen molar-refractivity contribution in [1.82, 2.24) is 0 Å². The van der Waals surface area contributed by atoms with E-state index in [1.165, 1.54) is 32.1 Å². The third-order valence-electron chi connectivity index (χ3n) is 7.18. The van der Waals surface area contributed by atoms with E-state index in [1.807, 2.05) is 18.2 Å². The minimum atomic E-state index is 0.226. The molecule has 0 heterocycles. The van der Waals surface area contributed by atoms with E-state index in [0.717, 1.165) is 30.9 Å². The van der Waals surface area contributed by atoms with Gasteiger partial charge in [0.25, 0.3) is 0 Å². The van der Waals surface area contributed by atoms with Crippen LogP contribution in [0.15, 0.2) is 30.3 Å². The van der Waals surface area contributed by atoms with E-state index in [9.17, 15) is 4.79 Å². The molecule has 2 nitrogen and oxygen atoms in total. The van der Waals surface area contributed by atoms with Crippen molar-refractivity contribution in [2.75, 3.05) is 0 Å². The zero-order chi connectivity index (χ0) is 17.5. The van der Waals surface area contributed by atoms with Crippen molar-refractivity contribution in [3.8, 4) is 5.75 Å². The molecule has 0 amide bonds. The molecule has 3 aliphatic carbocycles. The van der Waals surface area contributed by atoms with Crippen LogP contribution >= 0.6 is 0 Å². The van der Waals surface area contributed by atoms with Crippen LogP contribution in [0.1, 0.15) is 65.2 Å². The quantitative estimate of drug-likeness (QED) is 0.589. The van der Waals surface area contributed by atoms with Crippen LogP contribution in [0.4, 0.5) is 0 Å². The van der Waals surface area contributed by atoms with Gasteiger partial charge in [-0.1, -0.05) is 0 Å². The van der Waals surface area contributed by atoms with Crippen molar-refractivity contribution >= 4 is 21.1 Å². The van der Waals surface area contributed by atoms with Crippen LogP contribution < -0.4 is 3.82 Å². The van der Waals surface area contributed by atoms with Gasteiger partial charge in [0.05, 0.1) is 0 Å². The molecule has 3 saturated carbocycles. The number of ketones is 1. The first kappa shape index (κ1) is 17.6. The first-order chi connectivity index (χ1) is 12.0. The third kappa shape index (κ3) is 3.43. The summed E-state index contributed by atoms with van der Waals surface area (Å²) in [6, 6.07) is 10.3. The zero-order valence-corrected chi connectivity index (χ0v) is 17.2. The Bertz CT molecular complexity index is 624. The Kier molecular flexibility index (Phi) is 4.75. The van der Waals surface area contributed by atoms with Crippen LogP contribution in [0.3, 0.4) is 0 Å². The molecule has 3 heteroatoms. The zero-order valence-electron chi connectivity index (χ0n) is 15.5. The summed E-state index contributed by atoms with van der Waals surface area (Å²) >= 11 is 0.226. The van der Waals surface area contributed by atoms with Gasteiger partial charge in [-0.05, 0) is 0 Å². The van der Waals surface area contributed by atoms with Crippen LogP contribution in [-0.4, -0.2) is 21.1 Å². The van der Waals surface area contributed by atoms with Gasteiger partial charge in [-0.25, -0.2) is 0 Å². The van der Waals surface area contributed by atoms with Crippen molar-refractivity contribution < 1.29 is 8.61 Å². The van der Waals surface area contributed by atoms with Gasteiger partial charge in [0.15, 0.2) is 0 Å². The summed E-state index contributed by atoms with van der Waals surface area (Å²) in [7, 11) is 0. The summed E-state index contributed by atoms with van der Waals surface area (Å²) in [6.45, 7) is 4.88. The molecule has 3 aliphatic rings. The van der Waals surface area contributed by atoms with Gasteiger partial charge >= 0.3 is 158 Å². The number of rotatable bonds is 6. The summed E-state index contributed by atoms with van der Waals surface area (Å²) in [6.07, 6.45) is 9.56. The fraction of sp³-hybridized carbons (Fsp3) is 0.682. The molecule has 0 spiro atoms. The Hall–Kier alpha value is -0.791. The Labute approximate surface area is 158 Å². The molecule has 0 aromatic heterocycles. The first-order valence-corrected chi connectivity index (χ1v) is 11.5. The monoisotopic (exact) mass is 406 g/mol. The Balaban J connectivity index is 1.38. The number of carbonyl (C=O) groups excluding carboxylic acids is 1. The molecule has 136 valence electrons. The standard InChI is InChI=1S/C22H30O2Se/c1-16(18-10-11-19-20(23)9-6-12-21(18,19)2)15-22(13-14-22)25-24-17-7-4-3-5-8-17/h3-5,7-8,16,18-19H,6,9-15H2,1-2H3/t16-,18?,19?,21?/m1/s1. The van der Waals surface area contributed by atoms with Crippen molar-refractivity contribution in [3.63, 3.8) is 0 Å². The second kappa shape index (κ2) is 6.74. The Morgan fingerprint density at radius 2 is 1.96 bits per heavy atom. The second-order valence-corrected chi connectivity index (χ2v) is 11.4. The summed E-state index contributed by atoms with van der Waals surface area (Å²) in [5.74, 6) is 3.37. The first-order valence-electron chi connectivity index (χ1n) is 9.96. The molecule has 3 fully saturated rings. The number of Topliss-reactive ketones (excluding diaryl/α,β-unsaturated/α-hetero) is 1. The predicted octanol–water partition coefficient (Wildman–Crippen LogP) is 5.45. The molecule has 0 bridgehead atoms. The molecule has 4 atom stereocenters. The average molecular weight is 405 g/mol. The van der Waals surface area contributed by atoms with Crippen molar-refractivity contribution in [2.24, 2.45) is 23.2 Å². The average Bonchev–Trinajstić information content (AvgIpc) is 3.26. The topological polar surface area (TPSA) is 26.3 Å². The summed E-state index contributed by atoms with van der Waals surface area (Å²) in [5, 5.41) is 0. The molecular formula is C22H30O2Se. The SMILES string of the molecule is C[C@H](CC1([Se]Oc2ccccc2)CC1)C1CCC2C(=O)CCCC21C. The molecule has 3 unspecified atom stereocenters. The van der Waals surface area contributed by atoms with Gasteiger partial charge in [-0.2, -0.15) is 0 Å². The summed E-state index contributed by atoms with van der Waals surface area (Å²) in [5.41, 5.74) is 0.276. The van der Waals surface area contributed by atoms with Crippen LogP contribution in [0, 0.1) is 23.2 Å². The fourth-order valence-electron chi connectivity index (χ4n) is 5.71. The Morgan fingerprint density at radius 3 is 2.68 bits per heavy atom. The van der Waals surface area contributed by atoms with E-state index < -0.39 is 0 Å². The van der Waals surface area contributed by atoms with Gasteiger partial charge in [0.2, 0.25) is 0 Å².